The normalized spacial score (nSPS) is 13.5. The van der Waals surface area contributed by atoms with Gasteiger partial charge in [-0.2, -0.15) is 0 Å². The Kier molecular flexibility index (Phi) is 10.1. The number of hydrogen-bond donors (Lipinski definition) is 1. The van der Waals surface area contributed by atoms with Gasteiger partial charge in [0.1, 0.15) is 17.1 Å². The summed E-state index contributed by atoms with van der Waals surface area (Å²) >= 11 is 1.34. The van der Waals surface area contributed by atoms with Crippen LogP contribution in [0.25, 0.3) is 11.1 Å². The number of thioether (sulfide) groups is 1. The number of methoxy groups -OCH3 is 5. The first kappa shape index (κ1) is 31.6. The summed E-state index contributed by atoms with van der Waals surface area (Å²) in [6.07, 6.45) is 2.84. The highest BCUT2D eigenvalue weighted by Crippen LogP contribution is 2.50. The van der Waals surface area contributed by atoms with Gasteiger partial charge in [0.05, 0.1) is 53.1 Å². The van der Waals surface area contributed by atoms with E-state index in [-0.39, 0.29) is 34.7 Å². The summed E-state index contributed by atoms with van der Waals surface area (Å²) in [4.78, 5) is 40.2. The third-order valence-electron chi connectivity index (χ3n) is 7.27. The first-order chi connectivity index (χ1) is 20.8. The number of hydrogen-bond acceptors (Lipinski definition) is 10. The van der Waals surface area contributed by atoms with Gasteiger partial charge in [-0.25, -0.2) is 4.79 Å². The van der Waals surface area contributed by atoms with Crippen LogP contribution in [0.4, 0.5) is 0 Å². The molecule has 1 aliphatic rings. The van der Waals surface area contributed by atoms with Crippen molar-refractivity contribution in [2.75, 3.05) is 48.4 Å². The minimum absolute atomic E-state index is 0.0845. The molecule has 228 valence electrons. The lowest BCUT2D eigenvalue weighted by Gasteiger charge is -2.20. The number of aryl methyl sites for hydroxylation is 1. The molecule has 0 aliphatic heterocycles. The lowest BCUT2D eigenvalue weighted by atomic mass is 9.95. The third kappa shape index (κ3) is 6.08. The van der Waals surface area contributed by atoms with Crippen LogP contribution in [0.3, 0.4) is 0 Å². The predicted molar refractivity (Wildman–Crippen MR) is 164 cm³/mol. The average molecular weight is 610 g/mol. The van der Waals surface area contributed by atoms with Crippen LogP contribution in [0.15, 0.2) is 46.1 Å². The Bertz CT molecular complexity index is 1580. The third-order valence-corrected chi connectivity index (χ3v) is 8.05. The maximum atomic E-state index is 13.8. The zero-order valence-corrected chi connectivity index (χ0v) is 26.1. The molecule has 0 fully saturated rings. The molecular formula is C32H35NO9S. The summed E-state index contributed by atoms with van der Waals surface area (Å²) in [5.74, 6) is 0.614. The zero-order chi connectivity index (χ0) is 31.3. The molecule has 3 aromatic rings. The number of carbonyl (C=O) groups is 2. The fraction of sp³-hybridized carbons (Fsp3) is 0.344. The summed E-state index contributed by atoms with van der Waals surface area (Å²) in [5.41, 5.74) is 3.15. The lowest BCUT2D eigenvalue weighted by Crippen LogP contribution is -2.29. The SMILES string of the molecule is CCOC(=O)c1c(OC)cc(C(=O)N[C@H]2CCc3cc(OC)c(OC)c(OC)c3-c3ccc(SC)c(=O)cc32)cc1OC. The van der Waals surface area contributed by atoms with Crippen LogP contribution >= 0.6 is 11.8 Å². The molecule has 1 N–H and O–H groups in total. The van der Waals surface area contributed by atoms with Gasteiger partial charge in [-0.15, -0.1) is 11.8 Å². The zero-order valence-electron chi connectivity index (χ0n) is 25.2. The summed E-state index contributed by atoms with van der Waals surface area (Å²) in [6.45, 7) is 1.86. The van der Waals surface area contributed by atoms with Crippen LogP contribution in [0.2, 0.25) is 0 Å². The molecule has 0 spiro atoms. The molecule has 43 heavy (non-hydrogen) atoms. The van der Waals surface area contributed by atoms with E-state index in [2.05, 4.69) is 5.32 Å². The highest BCUT2D eigenvalue weighted by Gasteiger charge is 2.31. The average Bonchev–Trinajstić information content (AvgIpc) is 3.27. The number of amides is 1. The Labute approximate surface area is 254 Å². The van der Waals surface area contributed by atoms with Crippen molar-refractivity contribution >= 4 is 23.6 Å². The van der Waals surface area contributed by atoms with Crippen molar-refractivity contribution < 1.29 is 38.0 Å². The standard InChI is InChI=1S/C32H35NO9S/c1-8-42-32(36)28-23(37-2)14-18(15-24(28)38-3)31(35)33-21-11-9-17-13-25(39-4)29(40-5)30(41-6)27(17)19-10-12-26(43-7)22(34)16-20(19)21/h10,12-16,21H,8-9,11H2,1-7H3,(H,33,35)/t21-/m0/s1. The van der Waals surface area contributed by atoms with Crippen molar-refractivity contribution in [3.05, 3.63) is 68.9 Å². The van der Waals surface area contributed by atoms with Crippen molar-refractivity contribution in [3.63, 3.8) is 0 Å². The van der Waals surface area contributed by atoms with Gasteiger partial charge in [-0.3, -0.25) is 9.59 Å². The van der Waals surface area contributed by atoms with Crippen molar-refractivity contribution in [2.45, 2.75) is 30.7 Å². The van der Waals surface area contributed by atoms with Gasteiger partial charge in [0.15, 0.2) is 16.9 Å². The summed E-state index contributed by atoms with van der Waals surface area (Å²) < 4.78 is 33.1. The van der Waals surface area contributed by atoms with Crippen LogP contribution in [-0.2, 0) is 11.2 Å². The summed E-state index contributed by atoms with van der Waals surface area (Å²) in [5, 5.41) is 3.10. The van der Waals surface area contributed by atoms with E-state index >= 15 is 0 Å². The first-order valence-corrected chi connectivity index (χ1v) is 14.8. The molecule has 1 aliphatic carbocycles. The van der Waals surface area contributed by atoms with E-state index in [4.69, 9.17) is 28.4 Å². The molecule has 0 unspecified atom stereocenters. The van der Waals surface area contributed by atoms with Crippen LogP contribution < -0.4 is 34.4 Å². The van der Waals surface area contributed by atoms with Crippen LogP contribution in [0.5, 0.6) is 28.7 Å². The van der Waals surface area contributed by atoms with E-state index in [0.717, 1.165) is 16.7 Å². The number of esters is 1. The lowest BCUT2D eigenvalue weighted by molar-refractivity contribution is 0.0518. The van der Waals surface area contributed by atoms with E-state index in [9.17, 15) is 14.4 Å². The molecule has 1 amide bonds. The molecular weight excluding hydrogens is 574 g/mol. The number of ether oxygens (including phenoxy) is 6. The smallest absolute Gasteiger partial charge is 0.345 e. The Morgan fingerprint density at radius 2 is 1.53 bits per heavy atom. The van der Waals surface area contributed by atoms with Gasteiger partial charge < -0.3 is 33.7 Å². The number of fused-ring (bicyclic) bond motifs is 3. The van der Waals surface area contributed by atoms with Crippen molar-refractivity contribution in [1.82, 2.24) is 5.32 Å². The van der Waals surface area contributed by atoms with E-state index < -0.39 is 17.9 Å². The van der Waals surface area contributed by atoms with Gasteiger partial charge in [-0.05, 0) is 73.0 Å². The largest absolute Gasteiger partial charge is 0.496 e. The minimum atomic E-state index is -0.626. The Morgan fingerprint density at radius 3 is 2.09 bits per heavy atom. The number of nitrogens with one attached hydrogen (secondary N) is 1. The Hall–Kier alpha value is -4.38. The molecule has 11 heteroatoms. The fourth-order valence-corrected chi connectivity index (χ4v) is 5.77. The van der Waals surface area contributed by atoms with Crippen molar-refractivity contribution in [1.29, 1.82) is 0 Å². The molecule has 4 rings (SSSR count). The summed E-state index contributed by atoms with van der Waals surface area (Å²) in [6, 6.07) is 9.49. The highest BCUT2D eigenvalue weighted by molar-refractivity contribution is 7.98. The molecule has 0 saturated heterocycles. The summed E-state index contributed by atoms with van der Waals surface area (Å²) in [7, 11) is 7.44. The maximum Gasteiger partial charge on any atom is 0.345 e. The molecule has 3 aromatic carbocycles. The monoisotopic (exact) mass is 609 g/mol. The highest BCUT2D eigenvalue weighted by atomic mass is 32.2. The fourth-order valence-electron chi connectivity index (χ4n) is 5.31. The molecule has 0 radical (unpaired) electrons. The molecule has 0 bridgehead atoms. The number of benzene rings is 2. The second-order valence-corrected chi connectivity index (χ2v) is 10.3. The molecule has 0 heterocycles. The van der Waals surface area contributed by atoms with Crippen molar-refractivity contribution in [3.8, 4) is 39.9 Å². The first-order valence-electron chi connectivity index (χ1n) is 13.5. The molecule has 0 saturated carbocycles. The van der Waals surface area contributed by atoms with E-state index in [1.54, 1.807) is 33.3 Å². The van der Waals surface area contributed by atoms with Crippen LogP contribution in [0.1, 0.15) is 51.2 Å². The second kappa shape index (κ2) is 13.7. The molecule has 1 atom stereocenters. The Balaban J connectivity index is 1.87. The minimum Gasteiger partial charge on any atom is -0.496 e. The molecule has 0 aromatic heterocycles. The van der Waals surface area contributed by atoms with Gasteiger partial charge in [0.25, 0.3) is 5.91 Å². The van der Waals surface area contributed by atoms with Gasteiger partial charge in [0.2, 0.25) is 5.75 Å². The quantitative estimate of drug-likeness (QED) is 0.246. The maximum absolute atomic E-state index is 13.8. The van der Waals surface area contributed by atoms with E-state index in [0.29, 0.717) is 40.5 Å². The Morgan fingerprint density at radius 1 is 0.884 bits per heavy atom. The predicted octanol–water partition coefficient (Wildman–Crippen LogP) is 5.07. The van der Waals surface area contributed by atoms with Gasteiger partial charge in [-0.1, -0.05) is 6.07 Å². The van der Waals surface area contributed by atoms with Gasteiger partial charge in [0, 0.05) is 11.1 Å². The van der Waals surface area contributed by atoms with E-state index in [1.165, 1.54) is 45.2 Å². The van der Waals surface area contributed by atoms with Crippen LogP contribution in [-0.4, -0.2) is 60.3 Å². The van der Waals surface area contributed by atoms with E-state index in [1.807, 2.05) is 18.4 Å². The topological polar surface area (TPSA) is 119 Å². The van der Waals surface area contributed by atoms with Crippen LogP contribution in [0, 0.1) is 0 Å². The van der Waals surface area contributed by atoms with Gasteiger partial charge >= 0.3 is 5.97 Å². The molecule has 10 nitrogen and oxygen atoms in total. The number of rotatable bonds is 10. The second-order valence-electron chi connectivity index (χ2n) is 9.50. The van der Waals surface area contributed by atoms with Crippen molar-refractivity contribution in [2.24, 2.45) is 0 Å². The number of carbonyl (C=O) groups excluding carboxylic acids is 2.